The van der Waals surface area contributed by atoms with Gasteiger partial charge in [0.2, 0.25) is 6.79 Å². The van der Waals surface area contributed by atoms with E-state index in [2.05, 4.69) is 0 Å². The topological polar surface area (TPSA) is 68.2 Å². The Morgan fingerprint density at radius 3 is 2.52 bits per heavy atom. The van der Waals surface area contributed by atoms with Gasteiger partial charge in [-0.15, -0.1) is 0 Å². The Hall–Kier alpha value is -2.73. The summed E-state index contributed by atoms with van der Waals surface area (Å²) in [6.07, 6.45) is 2.29. The molecule has 2 fully saturated rings. The Morgan fingerprint density at radius 1 is 1.10 bits per heavy atom. The van der Waals surface area contributed by atoms with Crippen LogP contribution in [0.4, 0.5) is 0 Å². The van der Waals surface area contributed by atoms with Gasteiger partial charge in [-0.3, -0.25) is 4.79 Å². The molecule has 29 heavy (non-hydrogen) atoms. The van der Waals surface area contributed by atoms with Gasteiger partial charge in [0.25, 0.3) is 5.91 Å². The molecule has 0 radical (unpaired) electrons. The lowest BCUT2D eigenvalue weighted by atomic mass is 9.80. The number of rotatable bonds is 4. The average Bonchev–Trinajstić information content (AvgIpc) is 3.30. The van der Waals surface area contributed by atoms with Crippen LogP contribution < -0.4 is 14.2 Å². The number of carbonyl (C=O) groups excluding carboxylic acids is 1. The Morgan fingerprint density at radius 2 is 1.79 bits per heavy atom. The maximum atomic E-state index is 13.1. The number of hydrogen-bond donors (Lipinski definition) is 1. The first-order valence-electron chi connectivity index (χ1n) is 10.2. The van der Waals surface area contributed by atoms with E-state index in [1.807, 2.05) is 53.4 Å². The van der Waals surface area contributed by atoms with E-state index >= 15 is 0 Å². The molecule has 4 atom stereocenters. The maximum absolute atomic E-state index is 13.1. The fourth-order valence-corrected chi connectivity index (χ4v) is 4.97. The van der Waals surface area contributed by atoms with Crippen LogP contribution >= 0.6 is 0 Å². The summed E-state index contributed by atoms with van der Waals surface area (Å²) in [5.74, 6) is 2.06. The lowest BCUT2D eigenvalue weighted by Crippen LogP contribution is -2.54. The summed E-state index contributed by atoms with van der Waals surface area (Å²) in [4.78, 5) is 15.1. The number of carbonyl (C=O) groups is 1. The number of nitrogens with zero attached hydrogens (tertiary/aromatic N) is 1. The molecule has 0 aliphatic carbocycles. The molecule has 0 aromatic heterocycles. The predicted molar refractivity (Wildman–Crippen MR) is 106 cm³/mol. The first kappa shape index (κ1) is 18.3. The normalized spacial score (nSPS) is 28.3. The molecule has 2 unspecified atom stereocenters. The minimum Gasteiger partial charge on any atom is -0.481 e. The van der Waals surface area contributed by atoms with E-state index in [9.17, 15) is 9.90 Å². The third kappa shape index (κ3) is 3.21. The minimum absolute atomic E-state index is 0.00547. The van der Waals surface area contributed by atoms with Gasteiger partial charge in [-0.2, -0.15) is 0 Å². The molecule has 1 N–H and O–H groups in total. The number of para-hydroxylation sites is 1. The molecule has 2 aromatic carbocycles. The molecule has 3 aliphatic heterocycles. The summed E-state index contributed by atoms with van der Waals surface area (Å²) in [6, 6.07) is 15.1. The fourth-order valence-electron chi connectivity index (χ4n) is 4.97. The van der Waals surface area contributed by atoms with Gasteiger partial charge in [-0.25, -0.2) is 0 Å². The van der Waals surface area contributed by atoms with E-state index in [-0.39, 0.29) is 24.8 Å². The van der Waals surface area contributed by atoms with Crippen molar-refractivity contribution >= 4 is 5.91 Å². The van der Waals surface area contributed by atoms with Crippen molar-refractivity contribution in [1.82, 2.24) is 4.90 Å². The zero-order valence-electron chi connectivity index (χ0n) is 16.4. The van der Waals surface area contributed by atoms with Crippen LogP contribution in [0.5, 0.6) is 17.2 Å². The second kappa shape index (κ2) is 6.95. The maximum Gasteiger partial charge on any atom is 0.263 e. The summed E-state index contributed by atoms with van der Waals surface area (Å²) < 4.78 is 16.7. The molecule has 5 rings (SSSR count). The summed E-state index contributed by atoms with van der Waals surface area (Å²) in [6.45, 7) is 2.01. The molecular formula is C23H25NO5. The Balaban J connectivity index is 1.32. The summed E-state index contributed by atoms with van der Waals surface area (Å²) >= 11 is 0. The third-order valence-electron chi connectivity index (χ3n) is 6.33. The van der Waals surface area contributed by atoms with Crippen molar-refractivity contribution in [3.63, 3.8) is 0 Å². The van der Waals surface area contributed by atoms with Crippen molar-refractivity contribution in [2.75, 3.05) is 6.79 Å². The van der Waals surface area contributed by atoms with Crippen LogP contribution in [0.15, 0.2) is 48.5 Å². The molecule has 3 aliphatic rings. The zero-order valence-corrected chi connectivity index (χ0v) is 16.4. The number of benzene rings is 2. The van der Waals surface area contributed by atoms with Crippen LogP contribution in [0.1, 0.15) is 38.2 Å². The Bertz CT molecular complexity index is 901. The molecule has 6 nitrogen and oxygen atoms in total. The van der Waals surface area contributed by atoms with E-state index < -0.39 is 11.7 Å². The number of hydrogen-bond acceptors (Lipinski definition) is 5. The van der Waals surface area contributed by atoms with E-state index in [1.54, 1.807) is 6.92 Å². The summed E-state index contributed by atoms with van der Waals surface area (Å²) in [5, 5.41) is 11.5. The molecule has 2 saturated heterocycles. The van der Waals surface area contributed by atoms with Gasteiger partial charge in [-0.1, -0.05) is 24.3 Å². The van der Waals surface area contributed by atoms with Crippen LogP contribution in [-0.2, 0) is 10.4 Å². The van der Waals surface area contributed by atoms with Crippen LogP contribution in [0.3, 0.4) is 0 Å². The largest absolute Gasteiger partial charge is 0.481 e. The summed E-state index contributed by atoms with van der Waals surface area (Å²) in [7, 11) is 0. The highest BCUT2D eigenvalue weighted by atomic mass is 16.7. The molecule has 152 valence electrons. The van der Waals surface area contributed by atoms with Crippen LogP contribution in [0.2, 0.25) is 0 Å². The van der Waals surface area contributed by atoms with Crippen LogP contribution in [-0.4, -0.2) is 40.9 Å². The van der Waals surface area contributed by atoms with E-state index in [1.165, 1.54) is 0 Å². The van der Waals surface area contributed by atoms with Gasteiger partial charge >= 0.3 is 0 Å². The van der Waals surface area contributed by atoms with E-state index in [0.717, 1.165) is 18.4 Å². The molecule has 2 bridgehead atoms. The van der Waals surface area contributed by atoms with Crippen LogP contribution in [0, 0.1) is 0 Å². The monoisotopic (exact) mass is 395 g/mol. The van der Waals surface area contributed by atoms with Gasteiger partial charge in [-0.05, 0) is 49.6 Å². The number of piperidine rings is 1. The Kier molecular flexibility index (Phi) is 4.39. The van der Waals surface area contributed by atoms with Crippen molar-refractivity contribution in [3.05, 3.63) is 54.1 Å². The second-order valence-corrected chi connectivity index (χ2v) is 8.21. The van der Waals surface area contributed by atoms with Crippen molar-refractivity contribution in [2.24, 2.45) is 0 Å². The number of aliphatic hydroxyl groups is 1. The Labute approximate surface area is 170 Å². The quantitative estimate of drug-likeness (QED) is 0.861. The van der Waals surface area contributed by atoms with Crippen LogP contribution in [0.25, 0.3) is 0 Å². The van der Waals surface area contributed by atoms with Crippen molar-refractivity contribution in [1.29, 1.82) is 0 Å². The number of fused-ring (bicyclic) bond motifs is 3. The molecule has 6 heteroatoms. The minimum atomic E-state index is -0.965. The van der Waals surface area contributed by atoms with Gasteiger partial charge in [0.1, 0.15) is 5.75 Å². The van der Waals surface area contributed by atoms with Gasteiger partial charge in [0, 0.05) is 24.9 Å². The molecule has 1 amide bonds. The van der Waals surface area contributed by atoms with E-state index in [4.69, 9.17) is 14.2 Å². The zero-order chi connectivity index (χ0) is 20.0. The highest BCUT2D eigenvalue weighted by molar-refractivity contribution is 5.82. The lowest BCUT2D eigenvalue weighted by molar-refractivity contribution is -0.148. The van der Waals surface area contributed by atoms with Gasteiger partial charge < -0.3 is 24.2 Å². The van der Waals surface area contributed by atoms with Crippen molar-refractivity contribution in [3.8, 4) is 17.2 Å². The average molecular weight is 395 g/mol. The van der Waals surface area contributed by atoms with Crippen molar-refractivity contribution in [2.45, 2.75) is 56.4 Å². The van der Waals surface area contributed by atoms with Crippen molar-refractivity contribution < 1.29 is 24.1 Å². The standard InChI is InChI=1S/C23H25NO5/c1-15(29-19-5-3-2-4-6-19)22(25)24-17-8-9-18(24)13-23(26,12-17)16-7-10-20-21(11-16)28-14-27-20/h2-7,10-11,15,17-18,26H,8-9,12-14H2,1H3/t15?,17-,18+,23?. The molecule has 0 spiro atoms. The van der Waals surface area contributed by atoms with E-state index in [0.29, 0.717) is 30.1 Å². The fraction of sp³-hybridized carbons (Fsp3) is 0.435. The second-order valence-electron chi connectivity index (χ2n) is 8.21. The highest BCUT2D eigenvalue weighted by Gasteiger charge is 2.51. The van der Waals surface area contributed by atoms with Gasteiger partial charge in [0.05, 0.1) is 5.60 Å². The lowest BCUT2D eigenvalue weighted by Gasteiger charge is -2.44. The smallest absolute Gasteiger partial charge is 0.263 e. The van der Waals surface area contributed by atoms with Gasteiger partial charge in [0.15, 0.2) is 17.6 Å². The predicted octanol–water partition coefficient (Wildman–Crippen LogP) is 3.22. The SMILES string of the molecule is CC(Oc1ccccc1)C(=O)N1[C@@H]2CC[C@H]1CC(O)(c1ccc3c(c1)OCO3)C2. The molecule has 3 heterocycles. The number of ether oxygens (including phenoxy) is 3. The molecular weight excluding hydrogens is 370 g/mol. The first-order chi connectivity index (χ1) is 14.0. The molecule has 2 aromatic rings. The number of amides is 1. The third-order valence-corrected chi connectivity index (χ3v) is 6.33. The molecule has 0 saturated carbocycles. The highest BCUT2D eigenvalue weighted by Crippen LogP contribution is 2.47. The summed E-state index contributed by atoms with van der Waals surface area (Å²) in [5.41, 5.74) is -0.132. The first-order valence-corrected chi connectivity index (χ1v) is 10.2.